The van der Waals surface area contributed by atoms with E-state index in [0.717, 1.165) is 18.2 Å². The van der Waals surface area contributed by atoms with Crippen LogP contribution in [0.15, 0.2) is 54.6 Å². The summed E-state index contributed by atoms with van der Waals surface area (Å²) in [6, 6.07) is 15.2. The van der Waals surface area contributed by atoms with Crippen molar-refractivity contribution in [3.63, 3.8) is 0 Å². The predicted octanol–water partition coefficient (Wildman–Crippen LogP) is 4.84. The second kappa shape index (κ2) is 6.22. The van der Waals surface area contributed by atoms with Gasteiger partial charge in [-0.05, 0) is 27.1 Å². The van der Waals surface area contributed by atoms with Crippen molar-refractivity contribution in [3.8, 4) is 11.1 Å². The number of ketones is 1. The van der Waals surface area contributed by atoms with Crippen LogP contribution in [-0.4, -0.2) is 23.6 Å². The van der Waals surface area contributed by atoms with Gasteiger partial charge in [-0.25, -0.2) is 0 Å². The van der Waals surface area contributed by atoms with Crippen LogP contribution in [0.5, 0.6) is 0 Å². The molecule has 22 heavy (non-hydrogen) atoms. The van der Waals surface area contributed by atoms with Crippen LogP contribution in [0.25, 0.3) is 11.1 Å². The Balaban J connectivity index is 2.33. The molecule has 2 rings (SSSR count). The minimum atomic E-state index is -4.86. The van der Waals surface area contributed by atoms with Crippen molar-refractivity contribution >= 4 is 21.7 Å². The average Bonchev–Trinajstić information content (AvgIpc) is 2.53. The Hall–Kier alpha value is -1.66. The van der Waals surface area contributed by atoms with E-state index in [2.05, 4.69) is 20.7 Å². The standard InChI is InChI=1S/C16H12BrF3O2/c1-22-15(17,16(18,19)20)14(21)13-9-7-12(8-10-13)11-5-3-2-4-6-11/h2-10H,1H3. The largest absolute Gasteiger partial charge is 0.435 e. The summed E-state index contributed by atoms with van der Waals surface area (Å²) in [6.45, 7) is 0. The van der Waals surface area contributed by atoms with E-state index < -0.39 is 16.5 Å². The molecule has 0 aliphatic heterocycles. The lowest BCUT2D eigenvalue weighted by Crippen LogP contribution is -2.48. The van der Waals surface area contributed by atoms with Crippen LogP contribution in [0.3, 0.4) is 0 Å². The molecule has 2 nitrogen and oxygen atoms in total. The van der Waals surface area contributed by atoms with Crippen LogP contribution in [0.1, 0.15) is 10.4 Å². The molecule has 0 heterocycles. The number of Topliss-reactive ketones (excluding diaryl/α,β-unsaturated/α-hetero) is 1. The maximum absolute atomic E-state index is 13.0. The third-order valence-corrected chi connectivity index (χ3v) is 4.33. The second-order valence-corrected chi connectivity index (χ2v) is 5.69. The molecule has 0 aliphatic carbocycles. The molecule has 1 atom stereocenters. The average molecular weight is 373 g/mol. The lowest BCUT2D eigenvalue weighted by atomic mass is 10.0. The third kappa shape index (κ3) is 3.08. The number of benzene rings is 2. The first-order valence-electron chi connectivity index (χ1n) is 6.30. The smallest absolute Gasteiger partial charge is 0.352 e. The van der Waals surface area contributed by atoms with Crippen LogP contribution in [0.2, 0.25) is 0 Å². The van der Waals surface area contributed by atoms with E-state index in [4.69, 9.17) is 0 Å². The van der Waals surface area contributed by atoms with Gasteiger partial charge in [0.2, 0.25) is 5.78 Å². The number of methoxy groups -OCH3 is 1. The zero-order chi connectivity index (χ0) is 16.4. The van der Waals surface area contributed by atoms with E-state index in [1.165, 1.54) is 12.1 Å². The highest BCUT2D eigenvalue weighted by molar-refractivity contribution is 9.10. The molecule has 0 aromatic heterocycles. The van der Waals surface area contributed by atoms with Crippen molar-refractivity contribution in [3.05, 3.63) is 60.2 Å². The van der Waals surface area contributed by atoms with Crippen molar-refractivity contribution in [1.82, 2.24) is 0 Å². The van der Waals surface area contributed by atoms with E-state index in [1.807, 2.05) is 30.3 Å². The Labute approximate surface area is 134 Å². The second-order valence-electron chi connectivity index (χ2n) is 4.57. The quantitative estimate of drug-likeness (QED) is 0.567. The molecule has 0 N–H and O–H groups in total. The van der Waals surface area contributed by atoms with E-state index in [0.29, 0.717) is 0 Å². The lowest BCUT2D eigenvalue weighted by Gasteiger charge is -2.26. The van der Waals surface area contributed by atoms with Gasteiger partial charge in [-0.3, -0.25) is 4.79 Å². The summed E-state index contributed by atoms with van der Waals surface area (Å²) < 4.78 is 40.3. The minimum absolute atomic E-state index is 0.0873. The van der Waals surface area contributed by atoms with Gasteiger partial charge in [-0.2, -0.15) is 13.2 Å². The Morgan fingerprint density at radius 3 is 1.91 bits per heavy atom. The highest BCUT2D eigenvalue weighted by Gasteiger charge is 2.59. The number of ether oxygens (including phenoxy) is 1. The Morgan fingerprint density at radius 2 is 1.45 bits per heavy atom. The van der Waals surface area contributed by atoms with Gasteiger partial charge in [0.15, 0.2) is 0 Å². The molecular weight excluding hydrogens is 361 g/mol. The van der Waals surface area contributed by atoms with Crippen LogP contribution < -0.4 is 0 Å². The van der Waals surface area contributed by atoms with Crippen molar-refractivity contribution in [1.29, 1.82) is 0 Å². The normalized spacial score (nSPS) is 14.4. The topological polar surface area (TPSA) is 26.3 Å². The summed E-state index contributed by atoms with van der Waals surface area (Å²) in [4.78, 5) is 12.1. The van der Waals surface area contributed by atoms with E-state index >= 15 is 0 Å². The van der Waals surface area contributed by atoms with Crippen LogP contribution in [0, 0.1) is 0 Å². The number of halogens is 4. The number of alkyl halides is 4. The zero-order valence-electron chi connectivity index (χ0n) is 11.5. The molecular formula is C16H12BrF3O2. The van der Waals surface area contributed by atoms with E-state index in [1.54, 1.807) is 12.1 Å². The summed E-state index contributed by atoms with van der Waals surface area (Å²) in [5.74, 6) is -1.19. The zero-order valence-corrected chi connectivity index (χ0v) is 13.1. The first kappa shape index (κ1) is 16.7. The van der Waals surface area contributed by atoms with Gasteiger partial charge >= 0.3 is 6.18 Å². The van der Waals surface area contributed by atoms with Gasteiger partial charge < -0.3 is 4.74 Å². The SMILES string of the molecule is COC(Br)(C(=O)c1ccc(-c2ccccc2)cc1)C(F)(F)F. The predicted molar refractivity (Wildman–Crippen MR) is 80.9 cm³/mol. The van der Waals surface area contributed by atoms with Crippen molar-refractivity contribution in [2.75, 3.05) is 7.11 Å². The maximum Gasteiger partial charge on any atom is 0.435 e. The lowest BCUT2D eigenvalue weighted by molar-refractivity contribution is -0.206. The maximum atomic E-state index is 13.0. The Kier molecular flexibility index (Phi) is 4.72. The van der Waals surface area contributed by atoms with Gasteiger partial charge in [0.1, 0.15) is 0 Å². The Morgan fingerprint density at radius 1 is 0.955 bits per heavy atom. The van der Waals surface area contributed by atoms with Crippen LogP contribution in [-0.2, 0) is 4.74 Å². The van der Waals surface area contributed by atoms with Crippen LogP contribution >= 0.6 is 15.9 Å². The summed E-state index contributed by atoms with van der Waals surface area (Å²) in [5.41, 5.74) is 1.63. The summed E-state index contributed by atoms with van der Waals surface area (Å²) >= 11 is 2.37. The minimum Gasteiger partial charge on any atom is -0.352 e. The van der Waals surface area contributed by atoms with Gasteiger partial charge in [0.05, 0.1) is 0 Å². The van der Waals surface area contributed by atoms with Gasteiger partial charge in [0.25, 0.3) is 4.51 Å². The summed E-state index contributed by atoms with van der Waals surface area (Å²) in [6.07, 6.45) is -4.86. The fraction of sp³-hybridized carbons (Fsp3) is 0.188. The first-order chi connectivity index (χ1) is 10.3. The van der Waals surface area contributed by atoms with E-state index in [9.17, 15) is 18.0 Å². The third-order valence-electron chi connectivity index (χ3n) is 3.19. The molecule has 0 fully saturated rings. The van der Waals surface area contributed by atoms with Crippen LogP contribution in [0.4, 0.5) is 13.2 Å². The molecule has 6 heteroatoms. The highest BCUT2D eigenvalue weighted by atomic mass is 79.9. The van der Waals surface area contributed by atoms with Gasteiger partial charge in [-0.15, -0.1) is 0 Å². The molecule has 116 valence electrons. The number of hydrogen-bond donors (Lipinski definition) is 0. The molecule has 1 unspecified atom stereocenters. The molecule has 0 spiro atoms. The van der Waals surface area contributed by atoms with Crippen molar-refractivity contribution in [2.24, 2.45) is 0 Å². The summed E-state index contributed by atoms with van der Waals surface area (Å²) in [7, 11) is 0.832. The Bertz CT molecular complexity index is 653. The monoisotopic (exact) mass is 372 g/mol. The fourth-order valence-electron chi connectivity index (χ4n) is 1.97. The van der Waals surface area contributed by atoms with E-state index in [-0.39, 0.29) is 5.56 Å². The van der Waals surface area contributed by atoms with Gasteiger partial charge in [0, 0.05) is 12.7 Å². The van der Waals surface area contributed by atoms with Crippen molar-refractivity contribution in [2.45, 2.75) is 10.7 Å². The van der Waals surface area contributed by atoms with Crippen molar-refractivity contribution < 1.29 is 22.7 Å². The number of carbonyl (C=O) groups is 1. The fourth-order valence-corrected chi connectivity index (χ4v) is 2.20. The molecule has 0 bridgehead atoms. The number of rotatable bonds is 4. The molecule has 2 aromatic rings. The molecule has 0 saturated carbocycles. The molecule has 0 radical (unpaired) electrons. The molecule has 2 aromatic carbocycles. The number of hydrogen-bond acceptors (Lipinski definition) is 2. The number of carbonyl (C=O) groups excluding carboxylic acids is 1. The summed E-state index contributed by atoms with van der Waals surface area (Å²) in [5, 5.41) is 0. The van der Waals surface area contributed by atoms with Gasteiger partial charge in [-0.1, -0.05) is 54.6 Å². The first-order valence-corrected chi connectivity index (χ1v) is 7.10. The molecule has 0 saturated heterocycles. The molecule has 0 amide bonds. The highest BCUT2D eigenvalue weighted by Crippen LogP contribution is 2.41. The molecule has 0 aliphatic rings.